The number of likely N-dealkylation sites (tertiary alicyclic amines) is 1. The summed E-state index contributed by atoms with van der Waals surface area (Å²) in [6.45, 7) is 3.93. The number of ether oxygens (including phenoxy) is 1. The molecule has 2 heterocycles. The Hall–Kier alpha value is -3.19. The zero-order chi connectivity index (χ0) is 25.4. The van der Waals surface area contributed by atoms with Gasteiger partial charge in [0.05, 0.1) is 29.4 Å². The monoisotopic (exact) mass is 493 g/mol. The van der Waals surface area contributed by atoms with Crippen molar-refractivity contribution in [1.82, 2.24) is 4.90 Å². The number of anilines is 1. The minimum Gasteiger partial charge on any atom is -0.381 e. The second-order valence-corrected chi connectivity index (χ2v) is 9.04. The topological polar surface area (TPSA) is 56.6 Å². The lowest BCUT2D eigenvalue weighted by Crippen LogP contribution is -2.49. The zero-order valence-corrected chi connectivity index (χ0v) is 19.0. The van der Waals surface area contributed by atoms with Crippen LogP contribution in [0.25, 0.3) is 0 Å². The lowest BCUT2D eigenvalue weighted by atomic mass is 9.73. The van der Waals surface area contributed by atoms with Gasteiger partial charge in [-0.2, -0.15) is 18.4 Å². The van der Waals surface area contributed by atoms with Crippen molar-refractivity contribution in [2.24, 2.45) is 11.3 Å². The molecule has 2 saturated heterocycles. The number of carbonyl (C=O) groups excluding carboxylic acids is 1. The van der Waals surface area contributed by atoms with Crippen molar-refractivity contribution >= 4 is 11.6 Å². The number of alkyl halides is 3. The Bertz CT molecular complexity index is 1160. The number of nitrogens with zero attached hydrogens (tertiary/aromatic N) is 3. The van der Waals surface area contributed by atoms with Gasteiger partial charge in [0, 0.05) is 49.8 Å². The number of benzene rings is 2. The quantitative estimate of drug-likeness (QED) is 0.559. The van der Waals surface area contributed by atoms with Gasteiger partial charge in [0.1, 0.15) is 11.6 Å². The maximum atomic E-state index is 14.3. The van der Waals surface area contributed by atoms with Gasteiger partial charge in [-0.25, -0.2) is 8.78 Å². The third kappa shape index (κ3) is 4.82. The number of piperidine rings is 1. The minimum atomic E-state index is -4.67. The SMILES string of the molecule is CCOC[C@@]12CCN(c3ccc(C#N)c(C(F)(F)F)c3)C[C@@H]1CN(C(=O)c1cc(F)ccc1F)C2. The molecule has 0 N–H and O–H groups in total. The van der Waals surface area contributed by atoms with Crippen LogP contribution in [0.2, 0.25) is 0 Å². The Morgan fingerprint density at radius 1 is 1.20 bits per heavy atom. The first-order valence-corrected chi connectivity index (χ1v) is 11.3. The van der Waals surface area contributed by atoms with Gasteiger partial charge >= 0.3 is 6.18 Å². The summed E-state index contributed by atoms with van der Waals surface area (Å²) in [4.78, 5) is 16.4. The van der Waals surface area contributed by atoms with E-state index < -0.39 is 40.3 Å². The molecule has 0 radical (unpaired) electrons. The van der Waals surface area contributed by atoms with E-state index in [9.17, 15) is 26.7 Å². The highest BCUT2D eigenvalue weighted by atomic mass is 19.4. The van der Waals surface area contributed by atoms with E-state index in [2.05, 4.69) is 0 Å². The Labute approximate surface area is 199 Å². The van der Waals surface area contributed by atoms with Gasteiger partial charge < -0.3 is 14.5 Å². The van der Waals surface area contributed by atoms with Crippen molar-refractivity contribution in [2.75, 3.05) is 44.3 Å². The summed E-state index contributed by atoms with van der Waals surface area (Å²) in [6.07, 6.45) is -4.13. The summed E-state index contributed by atoms with van der Waals surface area (Å²) in [6, 6.07) is 7.94. The molecule has 2 fully saturated rings. The Morgan fingerprint density at radius 2 is 1.97 bits per heavy atom. The molecule has 2 aliphatic rings. The molecule has 2 aliphatic heterocycles. The number of carbonyl (C=O) groups is 1. The second kappa shape index (κ2) is 9.46. The number of amides is 1. The lowest BCUT2D eigenvalue weighted by Gasteiger charge is -2.44. The van der Waals surface area contributed by atoms with Crippen LogP contribution in [0, 0.1) is 34.3 Å². The van der Waals surface area contributed by atoms with Crippen LogP contribution in [0.5, 0.6) is 0 Å². The highest BCUT2D eigenvalue weighted by Gasteiger charge is 2.51. The molecule has 186 valence electrons. The molecule has 0 saturated carbocycles. The first-order valence-electron chi connectivity index (χ1n) is 11.3. The van der Waals surface area contributed by atoms with E-state index in [0.717, 1.165) is 30.3 Å². The minimum absolute atomic E-state index is 0.159. The van der Waals surface area contributed by atoms with Crippen molar-refractivity contribution in [2.45, 2.75) is 19.5 Å². The third-order valence-corrected chi connectivity index (χ3v) is 6.97. The Morgan fingerprint density at radius 3 is 2.66 bits per heavy atom. The maximum absolute atomic E-state index is 14.3. The van der Waals surface area contributed by atoms with E-state index in [1.807, 2.05) is 11.8 Å². The van der Waals surface area contributed by atoms with Gasteiger partial charge in [0.2, 0.25) is 0 Å². The van der Waals surface area contributed by atoms with Crippen LogP contribution in [-0.4, -0.2) is 50.2 Å². The van der Waals surface area contributed by atoms with Gasteiger partial charge in [0.25, 0.3) is 5.91 Å². The van der Waals surface area contributed by atoms with Crippen LogP contribution in [0.15, 0.2) is 36.4 Å². The standard InChI is InChI=1S/C25H24F5N3O2/c1-2-35-15-24-7-8-32(19-5-3-16(11-31)21(10-19)25(28,29)30)12-17(24)13-33(14-24)23(34)20-9-18(26)4-6-22(20)27/h3-6,9-10,17H,2,7-8,12-15H2,1H3/t17-,24+/m1/s1. The number of hydrogen-bond acceptors (Lipinski definition) is 4. The van der Waals surface area contributed by atoms with E-state index in [0.29, 0.717) is 38.4 Å². The molecule has 0 aromatic heterocycles. The number of rotatable bonds is 5. The average molecular weight is 493 g/mol. The number of fused-ring (bicyclic) bond motifs is 1. The predicted molar refractivity (Wildman–Crippen MR) is 118 cm³/mol. The molecule has 2 atom stereocenters. The molecule has 10 heteroatoms. The number of halogens is 5. The number of nitriles is 1. The largest absolute Gasteiger partial charge is 0.417 e. The van der Waals surface area contributed by atoms with Crippen molar-refractivity contribution in [3.63, 3.8) is 0 Å². The Balaban J connectivity index is 1.61. The van der Waals surface area contributed by atoms with Gasteiger partial charge in [-0.15, -0.1) is 0 Å². The fourth-order valence-corrected chi connectivity index (χ4v) is 5.11. The summed E-state index contributed by atoms with van der Waals surface area (Å²) in [5, 5.41) is 9.07. The summed E-state index contributed by atoms with van der Waals surface area (Å²) in [5.74, 6) is -2.32. The number of hydrogen-bond donors (Lipinski definition) is 0. The van der Waals surface area contributed by atoms with Crippen LogP contribution in [0.3, 0.4) is 0 Å². The first kappa shape index (κ1) is 24.9. The van der Waals surface area contributed by atoms with Crippen LogP contribution in [0.1, 0.15) is 34.8 Å². The molecule has 5 nitrogen and oxygen atoms in total. The third-order valence-electron chi connectivity index (χ3n) is 6.97. The highest BCUT2D eigenvalue weighted by molar-refractivity contribution is 5.94. The van der Waals surface area contributed by atoms with Crippen LogP contribution >= 0.6 is 0 Å². The van der Waals surface area contributed by atoms with E-state index in [-0.39, 0.29) is 24.6 Å². The second-order valence-electron chi connectivity index (χ2n) is 9.04. The summed E-state index contributed by atoms with van der Waals surface area (Å²) >= 11 is 0. The Kier molecular flexibility index (Phi) is 6.73. The highest BCUT2D eigenvalue weighted by Crippen LogP contribution is 2.45. The van der Waals surface area contributed by atoms with Crippen LogP contribution in [0.4, 0.5) is 27.6 Å². The lowest BCUT2D eigenvalue weighted by molar-refractivity contribution is -0.137. The summed E-state index contributed by atoms with van der Waals surface area (Å²) in [7, 11) is 0. The molecule has 2 aromatic rings. The van der Waals surface area contributed by atoms with Crippen molar-refractivity contribution in [1.29, 1.82) is 5.26 Å². The average Bonchev–Trinajstić information content (AvgIpc) is 3.22. The maximum Gasteiger partial charge on any atom is 0.417 e. The van der Waals surface area contributed by atoms with Gasteiger partial charge in [-0.05, 0) is 49.7 Å². The first-order chi connectivity index (χ1) is 16.6. The molecule has 0 aliphatic carbocycles. The van der Waals surface area contributed by atoms with Crippen molar-refractivity contribution in [3.8, 4) is 6.07 Å². The zero-order valence-electron chi connectivity index (χ0n) is 19.0. The van der Waals surface area contributed by atoms with Crippen molar-refractivity contribution in [3.05, 3.63) is 64.7 Å². The van der Waals surface area contributed by atoms with E-state index >= 15 is 0 Å². The summed E-state index contributed by atoms with van der Waals surface area (Å²) in [5.41, 5.74) is -1.91. The molecule has 2 aromatic carbocycles. The molecule has 1 amide bonds. The van der Waals surface area contributed by atoms with Crippen LogP contribution in [-0.2, 0) is 10.9 Å². The smallest absolute Gasteiger partial charge is 0.381 e. The summed E-state index contributed by atoms with van der Waals surface area (Å²) < 4.78 is 74.1. The molecular formula is C25H24F5N3O2. The van der Waals surface area contributed by atoms with E-state index in [1.54, 1.807) is 6.07 Å². The van der Waals surface area contributed by atoms with Crippen LogP contribution < -0.4 is 4.90 Å². The fraction of sp³-hybridized carbons (Fsp3) is 0.440. The molecular weight excluding hydrogens is 469 g/mol. The van der Waals surface area contributed by atoms with Gasteiger partial charge in [-0.3, -0.25) is 4.79 Å². The fourth-order valence-electron chi connectivity index (χ4n) is 5.11. The van der Waals surface area contributed by atoms with Gasteiger partial charge in [-0.1, -0.05) is 0 Å². The van der Waals surface area contributed by atoms with Crippen molar-refractivity contribution < 1.29 is 31.5 Å². The predicted octanol–water partition coefficient (Wildman–Crippen LogP) is 4.86. The van der Waals surface area contributed by atoms with E-state index in [4.69, 9.17) is 10.00 Å². The molecule has 35 heavy (non-hydrogen) atoms. The normalized spacial score (nSPS) is 22.1. The molecule has 0 bridgehead atoms. The van der Waals surface area contributed by atoms with E-state index in [1.165, 1.54) is 11.0 Å². The molecule has 0 spiro atoms. The van der Waals surface area contributed by atoms with Gasteiger partial charge in [0.15, 0.2) is 0 Å². The molecule has 0 unspecified atom stereocenters. The molecule has 4 rings (SSSR count).